The van der Waals surface area contributed by atoms with Crippen molar-refractivity contribution >= 4 is 6.03 Å². The zero-order valence-electron chi connectivity index (χ0n) is 10.7. The van der Waals surface area contributed by atoms with Crippen LogP contribution in [0.5, 0.6) is 5.75 Å². The fourth-order valence-electron chi connectivity index (χ4n) is 1.82. The van der Waals surface area contributed by atoms with E-state index in [0.29, 0.717) is 5.56 Å². The molecule has 1 aromatic carbocycles. The van der Waals surface area contributed by atoms with Gasteiger partial charge in [-0.05, 0) is 37.0 Å². The number of urea groups is 1. The topological polar surface area (TPSA) is 50.4 Å². The van der Waals surface area contributed by atoms with Crippen molar-refractivity contribution in [1.29, 1.82) is 0 Å². The Labute approximate surface area is 114 Å². The van der Waals surface area contributed by atoms with Crippen LogP contribution in [0.3, 0.4) is 0 Å². The highest BCUT2D eigenvalue weighted by Gasteiger charge is 2.31. The Morgan fingerprint density at radius 3 is 2.70 bits per heavy atom. The van der Waals surface area contributed by atoms with Crippen LogP contribution in [-0.2, 0) is 6.54 Å². The molecule has 2 N–H and O–H groups in total. The molecular weight excluding hydrogens is 273 g/mol. The molecule has 1 aromatic rings. The molecular formula is C13H15F3N2O2. The lowest BCUT2D eigenvalue weighted by molar-refractivity contribution is -0.274. The number of halogens is 3. The minimum Gasteiger partial charge on any atom is -0.406 e. The Balaban J connectivity index is 1.82. The molecule has 1 fully saturated rings. The van der Waals surface area contributed by atoms with Crippen molar-refractivity contribution < 1.29 is 22.7 Å². The molecule has 20 heavy (non-hydrogen) atoms. The largest absolute Gasteiger partial charge is 0.573 e. The van der Waals surface area contributed by atoms with E-state index in [9.17, 15) is 18.0 Å². The standard InChI is InChI=1S/C13H15F3N2O2/c14-13(15,16)20-11-6-1-3-9(7-11)8-17-12(19)18-10-4-2-5-10/h1,3,6-7,10H,2,4-5,8H2,(H2,17,18,19). The van der Waals surface area contributed by atoms with Crippen molar-refractivity contribution in [3.63, 3.8) is 0 Å². The lowest BCUT2D eigenvalue weighted by Gasteiger charge is -2.26. The molecule has 0 aliphatic heterocycles. The Kier molecular flexibility index (Phi) is 4.36. The van der Waals surface area contributed by atoms with Crippen molar-refractivity contribution in [3.8, 4) is 5.75 Å². The van der Waals surface area contributed by atoms with E-state index in [0.717, 1.165) is 19.3 Å². The molecule has 1 aliphatic carbocycles. The molecule has 7 heteroatoms. The quantitative estimate of drug-likeness (QED) is 0.895. The molecule has 4 nitrogen and oxygen atoms in total. The summed E-state index contributed by atoms with van der Waals surface area (Å²) < 4.78 is 40.0. The summed E-state index contributed by atoms with van der Waals surface area (Å²) in [6.45, 7) is 0.146. The number of hydrogen-bond donors (Lipinski definition) is 2. The molecule has 1 saturated carbocycles. The van der Waals surface area contributed by atoms with Crippen LogP contribution < -0.4 is 15.4 Å². The van der Waals surface area contributed by atoms with E-state index in [1.165, 1.54) is 18.2 Å². The fraction of sp³-hybridized carbons (Fsp3) is 0.462. The first-order valence-electron chi connectivity index (χ1n) is 6.31. The van der Waals surface area contributed by atoms with Crippen LogP contribution in [0.25, 0.3) is 0 Å². The smallest absolute Gasteiger partial charge is 0.406 e. The average Bonchev–Trinajstić information content (AvgIpc) is 2.30. The van der Waals surface area contributed by atoms with Gasteiger partial charge in [0.15, 0.2) is 0 Å². The molecule has 0 spiro atoms. The maximum Gasteiger partial charge on any atom is 0.573 e. The van der Waals surface area contributed by atoms with Gasteiger partial charge >= 0.3 is 12.4 Å². The first-order valence-corrected chi connectivity index (χ1v) is 6.31. The average molecular weight is 288 g/mol. The maximum absolute atomic E-state index is 12.1. The SMILES string of the molecule is O=C(NCc1cccc(OC(F)(F)F)c1)NC1CCC1. The van der Waals surface area contributed by atoms with Gasteiger partial charge in [0, 0.05) is 12.6 Å². The monoisotopic (exact) mass is 288 g/mol. The molecule has 2 amide bonds. The number of nitrogens with one attached hydrogen (secondary N) is 2. The summed E-state index contributed by atoms with van der Waals surface area (Å²) in [6, 6.07) is 5.43. The predicted molar refractivity (Wildman–Crippen MR) is 66.1 cm³/mol. The second kappa shape index (κ2) is 6.02. The normalized spacial score (nSPS) is 15.3. The third kappa shape index (κ3) is 4.64. The van der Waals surface area contributed by atoms with Gasteiger partial charge in [-0.15, -0.1) is 13.2 Å². The molecule has 110 valence electrons. The second-order valence-electron chi connectivity index (χ2n) is 4.65. The van der Waals surface area contributed by atoms with Gasteiger partial charge in [-0.1, -0.05) is 12.1 Å². The van der Waals surface area contributed by atoms with E-state index in [1.54, 1.807) is 6.07 Å². The van der Waals surface area contributed by atoms with Crippen LogP contribution in [0.2, 0.25) is 0 Å². The number of hydrogen-bond acceptors (Lipinski definition) is 2. The van der Waals surface area contributed by atoms with E-state index < -0.39 is 6.36 Å². The number of alkyl halides is 3. The van der Waals surface area contributed by atoms with Crippen molar-refractivity contribution in [2.45, 2.75) is 38.2 Å². The molecule has 0 unspecified atom stereocenters. The Morgan fingerprint density at radius 2 is 2.10 bits per heavy atom. The van der Waals surface area contributed by atoms with E-state index in [-0.39, 0.29) is 24.4 Å². The molecule has 0 saturated heterocycles. The predicted octanol–water partition coefficient (Wildman–Crippen LogP) is 2.94. The third-order valence-corrected chi connectivity index (χ3v) is 3.03. The molecule has 0 heterocycles. The number of benzene rings is 1. The van der Waals surface area contributed by atoms with Crippen molar-refractivity contribution in [3.05, 3.63) is 29.8 Å². The van der Waals surface area contributed by atoms with Gasteiger partial charge in [-0.3, -0.25) is 0 Å². The summed E-state index contributed by atoms with van der Waals surface area (Å²) in [7, 11) is 0. The minimum absolute atomic E-state index is 0.146. The van der Waals surface area contributed by atoms with Crippen LogP contribution in [0.4, 0.5) is 18.0 Å². The molecule has 0 bridgehead atoms. The fourth-order valence-corrected chi connectivity index (χ4v) is 1.82. The van der Waals surface area contributed by atoms with Gasteiger partial charge in [0.25, 0.3) is 0 Å². The van der Waals surface area contributed by atoms with Crippen molar-refractivity contribution in [2.24, 2.45) is 0 Å². The second-order valence-corrected chi connectivity index (χ2v) is 4.65. The van der Waals surface area contributed by atoms with Gasteiger partial charge in [-0.2, -0.15) is 0 Å². The number of carbonyl (C=O) groups is 1. The molecule has 0 atom stereocenters. The molecule has 0 radical (unpaired) electrons. The van der Waals surface area contributed by atoms with Crippen LogP contribution in [0.15, 0.2) is 24.3 Å². The summed E-state index contributed by atoms with van der Waals surface area (Å²) in [5.74, 6) is -0.295. The van der Waals surface area contributed by atoms with E-state index in [2.05, 4.69) is 15.4 Å². The van der Waals surface area contributed by atoms with Gasteiger partial charge in [-0.25, -0.2) is 4.79 Å². The van der Waals surface area contributed by atoms with Crippen LogP contribution in [0, 0.1) is 0 Å². The van der Waals surface area contributed by atoms with Crippen LogP contribution in [-0.4, -0.2) is 18.4 Å². The van der Waals surface area contributed by atoms with Crippen molar-refractivity contribution in [1.82, 2.24) is 10.6 Å². The summed E-state index contributed by atoms with van der Waals surface area (Å²) >= 11 is 0. The zero-order valence-corrected chi connectivity index (χ0v) is 10.7. The van der Waals surface area contributed by atoms with Crippen LogP contribution >= 0.6 is 0 Å². The van der Waals surface area contributed by atoms with E-state index in [4.69, 9.17) is 0 Å². The van der Waals surface area contributed by atoms with Crippen LogP contribution in [0.1, 0.15) is 24.8 Å². The third-order valence-electron chi connectivity index (χ3n) is 3.03. The molecule has 0 aromatic heterocycles. The van der Waals surface area contributed by atoms with E-state index >= 15 is 0 Å². The lowest BCUT2D eigenvalue weighted by Crippen LogP contribution is -2.44. The first-order chi connectivity index (χ1) is 9.42. The Hall–Kier alpha value is -1.92. The molecule has 1 aliphatic rings. The van der Waals surface area contributed by atoms with E-state index in [1.807, 2.05) is 0 Å². The number of ether oxygens (including phenoxy) is 1. The molecule has 2 rings (SSSR count). The minimum atomic E-state index is -4.71. The highest BCUT2D eigenvalue weighted by atomic mass is 19.4. The van der Waals surface area contributed by atoms with Crippen molar-refractivity contribution in [2.75, 3.05) is 0 Å². The summed E-state index contributed by atoms with van der Waals surface area (Å²) in [5, 5.41) is 5.38. The Bertz CT molecular complexity index is 473. The number of rotatable bonds is 4. The lowest BCUT2D eigenvalue weighted by atomic mass is 9.93. The maximum atomic E-state index is 12.1. The highest BCUT2D eigenvalue weighted by Crippen LogP contribution is 2.23. The summed E-state index contributed by atoms with van der Waals surface area (Å²) in [6.07, 6.45) is -1.65. The summed E-state index contributed by atoms with van der Waals surface area (Å²) in [4.78, 5) is 11.5. The summed E-state index contributed by atoms with van der Waals surface area (Å²) in [5.41, 5.74) is 0.538. The zero-order chi connectivity index (χ0) is 14.6. The Morgan fingerprint density at radius 1 is 1.35 bits per heavy atom. The number of carbonyl (C=O) groups excluding carboxylic acids is 1. The number of amides is 2. The van der Waals surface area contributed by atoms with Gasteiger partial charge in [0.05, 0.1) is 0 Å². The van der Waals surface area contributed by atoms with Gasteiger partial charge < -0.3 is 15.4 Å². The van der Waals surface area contributed by atoms with Gasteiger partial charge in [0.2, 0.25) is 0 Å². The van der Waals surface area contributed by atoms with Gasteiger partial charge in [0.1, 0.15) is 5.75 Å². The first kappa shape index (κ1) is 14.5. The highest BCUT2D eigenvalue weighted by molar-refractivity contribution is 5.74.